The minimum Gasteiger partial charge on any atom is -0.350 e. The molecule has 5 nitrogen and oxygen atoms in total. The molecule has 6 atom stereocenters. The van der Waals surface area contributed by atoms with Crippen LogP contribution in [0.2, 0.25) is 0 Å². The van der Waals surface area contributed by atoms with Gasteiger partial charge in [0.2, 0.25) is 11.8 Å². The fourth-order valence-electron chi connectivity index (χ4n) is 8.34. The zero-order chi connectivity index (χ0) is 22.7. The molecule has 2 heterocycles. The fraction of sp³-hybridized carbons (Fsp3) is 0.667. The van der Waals surface area contributed by atoms with Crippen molar-refractivity contribution in [3.05, 3.63) is 41.4 Å². The van der Waals surface area contributed by atoms with E-state index in [0.29, 0.717) is 30.7 Å². The number of carbonyl (C=O) groups excluding carboxylic acids is 2. The van der Waals surface area contributed by atoms with Gasteiger partial charge in [-0.05, 0) is 80.8 Å². The molecular weight excluding hydrogens is 398 g/mol. The lowest BCUT2D eigenvalue weighted by molar-refractivity contribution is -0.138. The molecule has 0 aromatic carbocycles. The monoisotopic (exact) mass is 435 g/mol. The van der Waals surface area contributed by atoms with Gasteiger partial charge < -0.3 is 10.2 Å². The molecule has 5 rings (SSSR count). The SMILES string of the molecule is CC1=C2N(C)C(=O)CC[C@]2(C)C2CC[C@]3(C)[C@@H](C(=O)NCc4ccccn4)CC[C@H]3C2C1. The minimum atomic E-state index is 0.0693. The maximum absolute atomic E-state index is 13.3. The Morgan fingerprint density at radius 1 is 1.19 bits per heavy atom. The van der Waals surface area contributed by atoms with E-state index in [1.807, 2.05) is 30.1 Å². The lowest BCUT2D eigenvalue weighted by Crippen LogP contribution is -2.55. The van der Waals surface area contributed by atoms with Crippen LogP contribution in [-0.4, -0.2) is 28.7 Å². The Kier molecular flexibility index (Phi) is 5.22. The molecule has 2 unspecified atom stereocenters. The highest BCUT2D eigenvalue weighted by Crippen LogP contribution is 2.66. The number of pyridine rings is 1. The number of nitrogens with zero attached hydrogens (tertiary/aromatic N) is 2. The average Bonchev–Trinajstić information content (AvgIpc) is 3.13. The van der Waals surface area contributed by atoms with Crippen LogP contribution in [0.4, 0.5) is 0 Å². The first kappa shape index (κ1) is 21.7. The van der Waals surface area contributed by atoms with E-state index < -0.39 is 0 Å². The summed E-state index contributed by atoms with van der Waals surface area (Å²) in [6.45, 7) is 7.56. The van der Waals surface area contributed by atoms with Crippen molar-refractivity contribution in [1.82, 2.24) is 15.2 Å². The van der Waals surface area contributed by atoms with Gasteiger partial charge in [-0.25, -0.2) is 0 Å². The molecule has 3 aliphatic carbocycles. The number of allylic oxidation sites excluding steroid dienone is 2. The summed E-state index contributed by atoms with van der Waals surface area (Å²) in [7, 11) is 1.98. The van der Waals surface area contributed by atoms with Gasteiger partial charge in [-0.2, -0.15) is 0 Å². The molecule has 3 fully saturated rings. The van der Waals surface area contributed by atoms with E-state index in [4.69, 9.17) is 0 Å². The molecule has 1 aliphatic heterocycles. The predicted molar refractivity (Wildman–Crippen MR) is 124 cm³/mol. The zero-order valence-corrected chi connectivity index (χ0v) is 20.0. The van der Waals surface area contributed by atoms with Crippen LogP contribution < -0.4 is 5.32 Å². The number of hydrogen-bond acceptors (Lipinski definition) is 3. The van der Waals surface area contributed by atoms with Gasteiger partial charge in [0.1, 0.15) is 0 Å². The molecule has 1 aromatic rings. The topological polar surface area (TPSA) is 62.3 Å². The van der Waals surface area contributed by atoms with Gasteiger partial charge in [0, 0.05) is 36.7 Å². The highest BCUT2D eigenvalue weighted by molar-refractivity contribution is 5.80. The Morgan fingerprint density at radius 2 is 2.00 bits per heavy atom. The molecule has 2 saturated carbocycles. The normalized spacial score (nSPS) is 38.8. The number of likely N-dealkylation sites (tertiary alicyclic amines) is 1. The van der Waals surface area contributed by atoms with Crippen molar-refractivity contribution in [2.45, 2.75) is 72.3 Å². The number of amides is 2. The number of nitrogens with one attached hydrogen (secondary N) is 1. The summed E-state index contributed by atoms with van der Waals surface area (Å²) in [4.78, 5) is 32.0. The number of hydrogen-bond donors (Lipinski definition) is 1. The van der Waals surface area contributed by atoms with Gasteiger partial charge in [-0.15, -0.1) is 0 Å². The standard InChI is InChI=1S/C27H37N3O2/c1-17-15-19-20-8-9-22(25(32)29-16-18-7-5-6-14-28-18)26(20,2)12-10-21(19)27(3)13-11-23(31)30(4)24(17)27/h5-7,14,19-22H,8-13,15-16H2,1-4H3,(H,29,32)/t19?,20-,21?,22+,26-,27+/m0/s1. The van der Waals surface area contributed by atoms with Crippen LogP contribution in [0.25, 0.3) is 0 Å². The summed E-state index contributed by atoms with van der Waals surface area (Å²) in [5, 5.41) is 3.19. The first-order valence-corrected chi connectivity index (χ1v) is 12.4. The van der Waals surface area contributed by atoms with Crippen LogP contribution in [0.5, 0.6) is 0 Å². The van der Waals surface area contributed by atoms with Gasteiger partial charge in [0.15, 0.2) is 0 Å². The summed E-state index contributed by atoms with van der Waals surface area (Å²) >= 11 is 0. The maximum atomic E-state index is 13.3. The van der Waals surface area contributed by atoms with Gasteiger partial charge in [-0.3, -0.25) is 14.6 Å². The van der Waals surface area contributed by atoms with E-state index in [-0.39, 0.29) is 28.6 Å². The van der Waals surface area contributed by atoms with Crippen LogP contribution in [0.3, 0.4) is 0 Å². The van der Waals surface area contributed by atoms with E-state index in [9.17, 15) is 9.59 Å². The van der Waals surface area contributed by atoms with E-state index in [1.165, 1.54) is 11.3 Å². The van der Waals surface area contributed by atoms with Crippen molar-refractivity contribution in [2.75, 3.05) is 7.05 Å². The second kappa shape index (κ2) is 7.71. The number of piperidine rings is 1. The van der Waals surface area contributed by atoms with Gasteiger partial charge >= 0.3 is 0 Å². The molecule has 1 N–H and O–H groups in total. The molecule has 32 heavy (non-hydrogen) atoms. The summed E-state index contributed by atoms with van der Waals surface area (Å²) in [6.07, 6.45) is 8.90. The third-order valence-corrected chi connectivity index (χ3v) is 9.80. The van der Waals surface area contributed by atoms with E-state index in [2.05, 4.69) is 31.1 Å². The molecule has 5 heteroatoms. The van der Waals surface area contributed by atoms with Crippen LogP contribution in [0.15, 0.2) is 35.7 Å². The predicted octanol–water partition coefficient (Wildman–Crippen LogP) is 4.69. The molecule has 1 saturated heterocycles. The van der Waals surface area contributed by atoms with Crippen molar-refractivity contribution in [1.29, 1.82) is 0 Å². The van der Waals surface area contributed by atoms with Crippen LogP contribution in [-0.2, 0) is 16.1 Å². The number of carbonyl (C=O) groups is 2. The third-order valence-electron chi connectivity index (χ3n) is 9.80. The molecule has 172 valence electrons. The molecular formula is C27H37N3O2. The van der Waals surface area contributed by atoms with Crippen molar-refractivity contribution in [3.63, 3.8) is 0 Å². The summed E-state index contributed by atoms with van der Waals surface area (Å²) in [5.74, 6) is 2.38. The molecule has 4 aliphatic rings. The summed E-state index contributed by atoms with van der Waals surface area (Å²) in [5.41, 5.74) is 3.78. The van der Waals surface area contributed by atoms with Gasteiger partial charge in [0.25, 0.3) is 0 Å². The highest BCUT2D eigenvalue weighted by atomic mass is 16.2. The van der Waals surface area contributed by atoms with Crippen molar-refractivity contribution >= 4 is 11.8 Å². The first-order valence-electron chi connectivity index (χ1n) is 12.4. The summed E-state index contributed by atoms with van der Waals surface area (Å²) < 4.78 is 0. The molecule has 0 spiro atoms. The molecule has 0 bridgehead atoms. The fourth-order valence-corrected chi connectivity index (χ4v) is 8.34. The largest absolute Gasteiger partial charge is 0.350 e. The third kappa shape index (κ3) is 3.14. The average molecular weight is 436 g/mol. The minimum absolute atomic E-state index is 0.0693. The first-order chi connectivity index (χ1) is 15.3. The lowest BCUT2D eigenvalue weighted by atomic mass is 9.48. The second-order valence-electron chi connectivity index (χ2n) is 11.3. The van der Waals surface area contributed by atoms with E-state index in [0.717, 1.165) is 44.2 Å². The van der Waals surface area contributed by atoms with Crippen molar-refractivity contribution < 1.29 is 9.59 Å². The highest BCUT2D eigenvalue weighted by Gasteiger charge is 2.61. The quantitative estimate of drug-likeness (QED) is 0.749. The van der Waals surface area contributed by atoms with Crippen molar-refractivity contribution in [3.8, 4) is 0 Å². The van der Waals surface area contributed by atoms with Gasteiger partial charge in [-0.1, -0.05) is 25.5 Å². The maximum Gasteiger partial charge on any atom is 0.226 e. The molecule has 1 aromatic heterocycles. The number of fused-ring (bicyclic) bond motifs is 5. The van der Waals surface area contributed by atoms with Crippen LogP contribution >= 0.6 is 0 Å². The summed E-state index contributed by atoms with van der Waals surface area (Å²) in [6, 6.07) is 5.83. The Bertz CT molecular complexity index is 957. The van der Waals surface area contributed by atoms with Crippen LogP contribution in [0.1, 0.15) is 71.4 Å². The Morgan fingerprint density at radius 3 is 2.75 bits per heavy atom. The lowest BCUT2D eigenvalue weighted by Gasteiger charge is -2.59. The Labute approximate surface area is 192 Å². The second-order valence-corrected chi connectivity index (χ2v) is 11.3. The van der Waals surface area contributed by atoms with Gasteiger partial charge in [0.05, 0.1) is 12.2 Å². The zero-order valence-electron chi connectivity index (χ0n) is 20.0. The van der Waals surface area contributed by atoms with E-state index >= 15 is 0 Å². The van der Waals surface area contributed by atoms with E-state index in [1.54, 1.807) is 6.20 Å². The molecule has 2 amide bonds. The van der Waals surface area contributed by atoms with Crippen molar-refractivity contribution in [2.24, 2.45) is 34.5 Å². The Hall–Kier alpha value is -2.17. The smallest absolute Gasteiger partial charge is 0.226 e. The molecule has 0 radical (unpaired) electrons. The van der Waals surface area contributed by atoms with Crippen LogP contribution in [0, 0.1) is 34.5 Å². The number of rotatable bonds is 3. The number of aromatic nitrogens is 1. The Balaban J connectivity index is 1.37.